The van der Waals surface area contributed by atoms with E-state index in [1.807, 2.05) is 109 Å². The van der Waals surface area contributed by atoms with Crippen LogP contribution < -0.4 is 10.6 Å². The summed E-state index contributed by atoms with van der Waals surface area (Å²) in [5, 5.41) is 38.9. The fraction of sp³-hybridized carbons (Fsp3) is 0.333. The summed E-state index contributed by atoms with van der Waals surface area (Å²) in [6, 6.07) is 32.8. The predicted molar refractivity (Wildman–Crippen MR) is 179 cm³/mol. The maximum Gasteiger partial charge on any atom is 0.249 e. The average Bonchev–Trinajstić information content (AvgIpc) is 3.59. The van der Waals surface area contributed by atoms with Crippen molar-refractivity contribution in [1.82, 2.24) is 10.6 Å². The van der Waals surface area contributed by atoms with Gasteiger partial charge in [0.25, 0.3) is 0 Å². The molecule has 4 aromatic rings. The van der Waals surface area contributed by atoms with Crippen molar-refractivity contribution >= 4 is 11.8 Å². The molecule has 0 bridgehead atoms. The van der Waals surface area contributed by atoms with Gasteiger partial charge in [-0.2, -0.15) is 0 Å². The molecule has 48 heavy (non-hydrogen) atoms. The van der Waals surface area contributed by atoms with Gasteiger partial charge in [-0.15, -0.1) is 0 Å². The van der Waals surface area contributed by atoms with Crippen molar-refractivity contribution in [2.75, 3.05) is 0 Å². The Balaban J connectivity index is 1.17. The summed E-state index contributed by atoms with van der Waals surface area (Å²) in [6.45, 7) is 0.256. The zero-order valence-corrected chi connectivity index (χ0v) is 26.7. The third-order valence-corrected chi connectivity index (χ3v) is 9.15. The second kappa shape index (κ2) is 15.7. The Hall–Kier alpha value is -4.38. The van der Waals surface area contributed by atoms with E-state index in [-0.39, 0.29) is 26.1 Å². The number of aliphatic hydroxyl groups is 3. The SMILES string of the molecule is O=C(N[C@H]1c2ccccc2C[C@H]1O)[C@H](CC(O)C[C@H](OCc1ccccc1)C(=O)N[C@H]1c2ccccc2C[C@H]1O)OCc1ccccc1. The van der Waals surface area contributed by atoms with Gasteiger partial charge in [-0.25, -0.2) is 0 Å². The molecule has 0 heterocycles. The molecule has 5 N–H and O–H groups in total. The molecule has 9 heteroatoms. The van der Waals surface area contributed by atoms with Gasteiger partial charge in [0.1, 0.15) is 12.2 Å². The minimum atomic E-state index is -1.16. The molecule has 250 valence electrons. The van der Waals surface area contributed by atoms with Gasteiger partial charge in [0, 0.05) is 25.7 Å². The number of amides is 2. The van der Waals surface area contributed by atoms with Gasteiger partial charge in [-0.1, -0.05) is 109 Å². The van der Waals surface area contributed by atoms with Crippen molar-refractivity contribution in [3.63, 3.8) is 0 Å². The van der Waals surface area contributed by atoms with Gasteiger partial charge in [0.2, 0.25) is 11.8 Å². The molecular formula is C39H42N2O7. The summed E-state index contributed by atoms with van der Waals surface area (Å²) in [5.74, 6) is -0.940. The number of hydrogen-bond acceptors (Lipinski definition) is 7. The van der Waals surface area contributed by atoms with E-state index in [0.717, 1.165) is 33.4 Å². The Morgan fingerprint density at radius 2 is 0.979 bits per heavy atom. The van der Waals surface area contributed by atoms with Crippen LogP contribution in [0.3, 0.4) is 0 Å². The quantitative estimate of drug-likeness (QED) is 0.140. The summed E-state index contributed by atoms with van der Waals surface area (Å²) >= 11 is 0. The number of rotatable bonds is 14. The van der Waals surface area contributed by atoms with Crippen LogP contribution in [0.5, 0.6) is 0 Å². The van der Waals surface area contributed by atoms with Crippen LogP contribution >= 0.6 is 0 Å². The zero-order chi connectivity index (χ0) is 33.5. The van der Waals surface area contributed by atoms with E-state index in [0.29, 0.717) is 12.8 Å². The molecule has 0 aromatic heterocycles. The first-order valence-corrected chi connectivity index (χ1v) is 16.5. The highest BCUT2D eigenvalue weighted by Crippen LogP contribution is 2.33. The van der Waals surface area contributed by atoms with Gasteiger partial charge >= 0.3 is 0 Å². The zero-order valence-electron chi connectivity index (χ0n) is 26.7. The van der Waals surface area contributed by atoms with E-state index in [4.69, 9.17) is 9.47 Å². The van der Waals surface area contributed by atoms with Crippen molar-refractivity contribution in [3.8, 4) is 0 Å². The van der Waals surface area contributed by atoms with Gasteiger partial charge in [0.05, 0.1) is 43.6 Å². The van der Waals surface area contributed by atoms with Gasteiger partial charge in [0.15, 0.2) is 0 Å². The van der Waals surface area contributed by atoms with Crippen molar-refractivity contribution in [1.29, 1.82) is 0 Å². The average molecular weight is 651 g/mol. The first kappa shape index (κ1) is 33.5. The maximum atomic E-state index is 13.7. The fourth-order valence-electron chi connectivity index (χ4n) is 6.62. The van der Waals surface area contributed by atoms with Crippen LogP contribution in [0.2, 0.25) is 0 Å². The molecule has 0 saturated carbocycles. The number of benzene rings is 4. The van der Waals surface area contributed by atoms with Gasteiger partial charge < -0.3 is 35.4 Å². The summed E-state index contributed by atoms with van der Waals surface area (Å²) in [7, 11) is 0. The third-order valence-electron chi connectivity index (χ3n) is 9.15. The van der Waals surface area contributed by atoms with E-state index >= 15 is 0 Å². The highest BCUT2D eigenvalue weighted by Gasteiger charge is 2.37. The lowest BCUT2D eigenvalue weighted by Crippen LogP contribution is -2.45. The van der Waals surface area contributed by atoms with Crippen LogP contribution in [0.1, 0.15) is 58.3 Å². The minimum absolute atomic E-state index is 0.115. The molecule has 2 amide bonds. The predicted octanol–water partition coefficient (Wildman–Crippen LogP) is 3.85. The smallest absolute Gasteiger partial charge is 0.249 e. The lowest BCUT2D eigenvalue weighted by Gasteiger charge is -2.27. The highest BCUT2D eigenvalue weighted by molar-refractivity contribution is 5.82. The maximum absolute atomic E-state index is 13.7. The second-order valence-corrected chi connectivity index (χ2v) is 12.6. The normalized spacial score (nSPS) is 20.9. The molecule has 0 spiro atoms. The molecule has 0 radical (unpaired) electrons. The Morgan fingerprint density at radius 3 is 1.40 bits per heavy atom. The summed E-state index contributed by atoms with van der Waals surface area (Å²) in [5.41, 5.74) is 5.35. The van der Waals surface area contributed by atoms with E-state index in [1.165, 1.54) is 0 Å². The molecule has 4 aromatic carbocycles. The van der Waals surface area contributed by atoms with E-state index in [1.54, 1.807) is 0 Å². The fourth-order valence-corrected chi connectivity index (χ4v) is 6.62. The van der Waals surface area contributed by atoms with E-state index in [2.05, 4.69) is 10.6 Å². The molecule has 6 atom stereocenters. The topological polar surface area (TPSA) is 137 Å². The molecule has 0 unspecified atom stereocenters. The number of nitrogens with one attached hydrogen (secondary N) is 2. The van der Waals surface area contributed by atoms with Crippen molar-refractivity contribution in [2.24, 2.45) is 0 Å². The molecule has 6 rings (SSSR count). The van der Waals surface area contributed by atoms with E-state index < -0.39 is 54.4 Å². The van der Waals surface area contributed by atoms with Gasteiger partial charge in [-0.05, 0) is 33.4 Å². The minimum Gasteiger partial charge on any atom is -0.393 e. The summed E-state index contributed by atoms with van der Waals surface area (Å²) in [6.07, 6.45) is -4.28. The van der Waals surface area contributed by atoms with Crippen molar-refractivity contribution in [3.05, 3.63) is 143 Å². The Bertz CT molecular complexity index is 1540. The van der Waals surface area contributed by atoms with E-state index in [9.17, 15) is 24.9 Å². The van der Waals surface area contributed by atoms with Crippen LogP contribution in [0, 0.1) is 0 Å². The molecule has 9 nitrogen and oxygen atoms in total. The van der Waals surface area contributed by atoms with Crippen molar-refractivity contribution in [2.45, 2.75) is 81.5 Å². The van der Waals surface area contributed by atoms with Crippen LogP contribution in [0.4, 0.5) is 0 Å². The van der Waals surface area contributed by atoms with Crippen LogP contribution in [0.15, 0.2) is 109 Å². The molecule has 2 aliphatic rings. The Labute approximate surface area is 280 Å². The first-order valence-electron chi connectivity index (χ1n) is 16.5. The lowest BCUT2D eigenvalue weighted by atomic mass is 10.0. The molecule has 0 aliphatic heterocycles. The van der Waals surface area contributed by atoms with Crippen LogP contribution in [-0.2, 0) is 45.1 Å². The highest BCUT2D eigenvalue weighted by atomic mass is 16.5. The Kier molecular flexibility index (Phi) is 10.9. The number of fused-ring (bicyclic) bond motifs is 2. The Morgan fingerprint density at radius 1 is 0.604 bits per heavy atom. The largest absolute Gasteiger partial charge is 0.393 e. The summed E-state index contributed by atoms with van der Waals surface area (Å²) < 4.78 is 12.2. The first-order chi connectivity index (χ1) is 23.4. The number of carbonyl (C=O) groups excluding carboxylic acids is 2. The molecular weight excluding hydrogens is 608 g/mol. The standard InChI is InChI=1S/C39H42N2O7/c42-29(21-34(47-23-25-11-3-1-4-12-25)38(45)40-36-30-17-9-7-15-27(30)19-32(36)43)22-35(48-24-26-13-5-2-6-14-26)39(46)41-37-31-18-10-8-16-28(31)20-33(37)44/h1-18,29,32-37,42-44H,19-24H2,(H,40,45)(H,41,46)/t32-,33-,34+,35+,36+,37+/m1/s1. The molecule has 0 saturated heterocycles. The second-order valence-electron chi connectivity index (χ2n) is 12.6. The number of ether oxygens (including phenoxy) is 2. The number of carbonyl (C=O) groups is 2. The monoisotopic (exact) mass is 650 g/mol. The molecule has 2 aliphatic carbocycles. The third kappa shape index (κ3) is 8.18. The number of hydrogen-bond donors (Lipinski definition) is 5. The van der Waals surface area contributed by atoms with Crippen LogP contribution in [0.25, 0.3) is 0 Å². The number of aliphatic hydroxyl groups excluding tert-OH is 3. The lowest BCUT2D eigenvalue weighted by molar-refractivity contribution is -0.140. The molecule has 0 fully saturated rings. The van der Waals surface area contributed by atoms with Crippen LogP contribution in [-0.4, -0.2) is 57.7 Å². The summed E-state index contributed by atoms with van der Waals surface area (Å²) in [4.78, 5) is 27.5. The van der Waals surface area contributed by atoms with Crippen molar-refractivity contribution < 1.29 is 34.4 Å². The van der Waals surface area contributed by atoms with Gasteiger partial charge in [-0.3, -0.25) is 9.59 Å².